The SMILES string of the molecule is OCC1CC(F)(Cl)C(n2cnc3c(Cl)ncnc32)O1. The van der Waals surface area contributed by atoms with E-state index >= 15 is 0 Å². The summed E-state index contributed by atoms with van der Waals surface area (Å²) in [6.45, 7) is -0.308. The molecule has 102 valence electrons. The molecule has 9 heteroatoms. The first-order valence-corrected chi connectivity index (χ1v) is 6.25. The van der Waals surface area contributed by atoms with Crippen LogP contribution in [0.25, 0.3) is 11.2 Å². The third-order valence-corrected chi connectivity index (χ3v) is 3.57. The first-order chi connectivity index (χ1) is 9.03. The molecule has 3 unspecified atom stereocenters. The predicted molar refractivity (Wildman–Crippen MR) is 65.6 cm³/mol. The first-order valence-electron chi connectivity index (χ1n) is 5.50. The maximum absolute atomic E-state index is 14.3. The minimum Gasteiger partial charge on any atom is -0.394 e. The smallest absolute Gasteiger partial charge is 0.230 e. The number of aliphatic hydroxyl groups is 1. The van der Waals surface area contributed by atoms with Gasteiger partial charge in [-0.2, -0.15) is 0 Å². The molecule has 0 aromatic carbocycles. The number of aliphatic hydroxyl groups excluding tert-OH is 1. The lowest BCUT2D eigenvalue weighted by molar-refractivity contribution is -0.0423. The van der Waals surface area contributed by atoms with Crippen molar-refractivity contribution < 1.29 is 14.2 Å². The third kappa shape index (κ3) is 2.06. The van der Waals surface area contributed by atoms with Crippen LogP contribution in [0.2, 0.25) is 5.15 Å². The van der Waals surface area contributed by atoms with Gasteiger partial charge in [0.1, 0.15) is 11.8 Å². The molecule has 1 aliphatic rings. The van der Waals surface area contributed by atoms with Crippen molar-refractivity contribution >= 4 is 34.4 Å². The van der Waals surface area contributed by atoms with Crippen molar-refractivity contribution in [1.82, 2.24) is 19.5 Å². The summed E-state index contributed by atoms with van der Waals surface area (Å²) in [7, 11) is 0. The fourth-order valence-corrected chi connectivity index (χ4v) is 2.61. The molecule has 6 nitrogen and oxygen atoms in total. The Morgan fingerprint density at radius 3 is 3.00 bits per heavy atom. The standard InChI is InChI=1S/C10H9Cl2FN4O2/c11-7-6-8(15-3-14-7)17(4-16-6)9-10(12,13)1-5(2-18)19-9/h3-5,9,18H,1-2H2. The van der Waals surface area contributed by atoms with E-state index in [0.717, 1.165) is 0 Å². The Kier molecular flexibility index (Phi) is 3.09. The lowest BCUT2D eigenvalue weighted by atomic mass is 10.2. The second-order valence-electron chi connectivity index (χ2n) is 4.25. The van der Waals surface area contributed by atoms with E-state index < -0.39 is 17.5 Å². The third-order valence-electron chi connectivity index (χ3n) is 2.95. The minimum absolute atomic E-state index is 0.117. The zero-order valence-electron chi connectivity index (χ0n) is 9.50. The van der Waals surface area contributed by atoms with E-state index in [4.69, 9.17) is 33.0 Å². The van der Waals surface area contributed by atoms with Gasteiger partial charge in [-0.25, -0.2) is 19.3 Å². The summed E-state index contributed by atoms with van der Waals surface area (Å²) < 4.78 is 21.0. The van der Waals surface area contributed by atoms with E-state index in [1.54, 1.807) is 0 Å². The molecule has 0 amide bonds. The first kappa shape index (κ1) is 13.0. The van der Waals surface area contributed by atoms with Gasteiger partial charge in [0.15, 0.2) is 17.0 Å². The monoisotopic (exact) mass is 306 g/mol. The number of hydrogen-bond acceptors (Lipinski definition) is 5. The van der Waals surface area contributed by atoms with Crippen molar-refractivity contribution in [3.05, 3.63) is 17.8 Å². The van der Waals surface area contributed by atoms with Crippen LogP contribution in [-0.4, -0.2) is 42.5 Å². The second-order valence-corrected chi connectivity index (χ2v) is 5.23. The highest BCUT2D eigenvalue weighted by atomic mass is 35.5. The minimum atomic E-state index is -2.14. The van der Waals surface area contributed by atoms with Crippen molar-refractivity contribution in [3.8, 4) is 0 Å². The number of imidazole rings is 1. The normalized spacial score (nSPS) is 31.2. The van der Waals surface area contributed by atoms with E-state index in [1.165, 1.54) is 17.2 Å². The quantitative estimate of drug-likeness (QED) is 0.675. The summed E-state index contributed by atoms with van der Waals surface area (Å²) in [6.07, 6.45) is 0.681. The van der Waals surface area contributed by atoms with Crippen LogP contribution in [0.5, 0.6) is 0 Å². The fraction of sp³-hybridized carbons (Fsp3) is 0.500. The lowest BCUT2D eigenvalue weighted by Gasteiger charge is -2.20. The number of ether oxygens (including phenoxy) is 1. The Morgan fingerprint density at radius 1 is 1.53 bits per heavy atom. The Morgan fingerprint density at radius 2 is 2.32 bits per heavy atom. The summed E-state index contributed by atoms with van der Waals surface area (Å²) in [6, 6.07) is 0. The highest BCUT2D eigenvalue weighted by Crippen LogP contribution is 2.45. The number of fused-ring (bicyclic) bond motifs is 1. The zero-order chi connectivity index (χ0) is 13.6. The molecule has 0 saturated carbocycles. The van der Waals surface area contributed by atoms with Gasteiger partial charge in [-0.3, -0.25) is 4.57 Å². The van der Waals surface area contributed by atoms with Crippen LogP contribution < -0.4 is 0 Å². The fourth-order valence-electron chi connectivity index (χ4n) is 2.11. The number of hydrogen-bond donors (Lipinski definition) is 1. The van der Waals surface area contributed by atoms with Crippen molar-refractivity contribution in [1.29, 1.82) is 0 Å². The molecule has 0 aliphatic carbocycles. The molecule has 3 rings (SSSR count). The van der Waals surface area contributed by atoms with Crippen molar-refractivity contribution in [3.63, 3.8) is 0 Å². The van der Waals surface area contributed by atoms with E-state index in [-0.39, 0.29) is 18.2 Å². The molecule has 0 spiro atoms. The maximum Gasteiger partial charge on any atom is 0.230 e. The Balaban J connectivity index is 2.07. The largest absolute Gasteiger partial charge is 0.394 e. The van der Waals surface area contributed by atoms with Gasteiger partial charge >= 0.3 is 0 Å². The van der Waals surface area contributed by atoms with Crippen molar-refractivity contribution in [2.75, 3.05) is 6.61 Å². The molecule has 3 atom stereocenters. The Bertz CT molecular complexity index is 621. The van der Waals surface area contributed by atoms with Gasteiger partial charge < -0.3 is 9.84 Å². The molecule has 1 saturated heterocycles. The van der Waals surface area contributed by atoms with Crippen LogP contribution in [0.1, 0.15) is 12.6 Å². The van der Waals surface area contributed by atoms with Gasteiger partial charge in [0.2, 0.25) is 5.13 Å². The molecule has 0 bridgehead atoms. The van der Waals surface area contributed by atoms with E-state index in [9.17, 15) is 4.39 Å². The number of aromatic nitrogens is 4. The molecule has 3 heterocycles. The van der Waals surface area contributed by atoms with Gasteiger partial charge in [0.05, 0.1) is 19.0 Å². The van der Waals surface area contributed by atoms with Gasteiger partial charge in [0, 0.05) is 6.42 Å². The average molecular weight is 307 g/mol. The van der Waals surface area contributed by atoms with E-state index in [0.29, 0.717) is 11.2 Å². The van der Waals surface area contributed by atoms with Crippen molar-refractivity contribution in [2.45, 2.75) is 23.9 Å². The van der Waals surface area contributed by atoms with Crippen LogP contribution in [0.15, 0.2) is 12.7 Å². The van der Waals surface area contributed by atoms with Crippen LogP contribution >= 0.6 is 23.2 Å². The van der Waals surface area contributed by atoms with E-state index in [2.05, 4.69) is 15.0 Å². The second kappa shape index (κ2) is 4.52. The lowest BCUT2D eigenvalue weighted by Crippen LogP contribution is -2.24. The summed E-state index contributed by atoms with van der Waals surface area (Å²) in [5.74, 6) is 0. The maximum atomic E-state index is 14.3. The van der Waals surface area contributed by atoms with Gasteiger partial charge in [0.25, 0.3) is 0 Å². The molecule has 19 heavy (non-hydrogen) atoms. The predicted octanol–water partition coefficient (Wildman–Crippen LogP) is 1.66. The highest BCUT2D eigenvalue weighted by molar-refractivity contribution is 6.33. The van der Waals surface area contributed by atoms with Crippen LogP contribution in [0.3, 0.4) is 0 Å². The molecule has 0 radical (unpaired) electrons. The summed E-state index contributed by atoms with van der Waals surface area (Å²) in [4.78, 5) is 11.8. The molecule has 1 fully saturated rings. The molecular formula is C10H9Cl2FN4O2. The molecule has 1 N–H and O–H groups in total. The Labute approximate surface area is 117 Å². The van der Waals surface area contributed by atoms with Crippen molar-refractivity contribution in [2.24, 2.45) is 0 Å². The molecule has 1 aliphatic heterocycles. The number of halogens is 3. The highest BCUT2D eigenvalue weighted by Gasteiger charge is 2.49. The number of nitrogens with zero attached hydrogens (tertiary/aromatic N) is 4. The van der Waals surface area contributed by atoms with Gasteiger partial charge in [-0.1, -0.05) is 23.2 Å². The topological polar surface area (TPSA) is 73.1 Å². The van der Waals surface area contributed by atoms with Crippen LogP contribution in [0.4, 0.5) is 4.39 Å². The summed E-state index contributed by atoms with van der Waals surface area (Å²) in [5.41, 5.74) is 0.666. The number of rotatable bonds is 2. The Hall–Kier alpha value is -1.02. The summed E-state index contributed by atoms with van der Waals surface area (Å²) in [5, 5.41) is 7.07. The van der Waals surface area contributed by atoms with Crippen LogP contribution in [0, 0.1) is 0 Å². The zero-order valence-corrected chi connectivity index (χ0v) is 11.0. The molecule has 2 aromatic heterocycles. The molecular weight excluding hydrogens is 298 g/mol. The van der Waals surface area contributed by atoms with E-state index in [1.807, 2.05) is 0 Å². The number of alkyl halides is 2. The summed E-state index contributed by atoms with van der Waals surface area (Å²) >= 11 is 11.7. The average Bonchev–Trinajstić information content (AvgIpc) is 2.90. The van der Waals surface area contributed by atoms with Crippen LogP contribution in [-0.2, 0) is 4.74 Å². The molecule has 2 aromatic rings. The van der Waals surface area contributed by atoms with Gasteiger partial charge in [-0.15, -0.1) is 0 Å². The van der Waals surface area contributed by atoms with Gasteiger partial charge in [-0.05, 0) is 0 Å².